The zero-order chi connectivity index (χ0) is 41.6. The van der Waals surface area contributed by atoms with Crippen LogP contribution in [0.1, 0.15) is 109 Å². The minimum atomic E-state index is -0.413. The van der Waals surface area contributed by atoms with Gasteiger partial charge in [0, 0.05) is 18.8 Å². The van der Waals surface area contributed by atoms with Crippen LogP contribution < -0.4 is 0 Å². The first-order valence-electron chi connectivity index (χ1n) is 24.0. The lowest BCUT2D eigenvalue weighted by atomic mass is 9.47. The molecule has 0 unspecified atom stereocenters. The third-order valence-electron chi connectivity index (χ3n) is 17.1. The molecule has 6 fully saturated rings. The van der Waals surface area contributed by atoms with Gasteiger partial charge in [0.2, 0.25) is 0 Å². The van der Waals surface area contributed by atoms with Crippen molar-refractivity contribution < 1.29 is 33.2 Å². The fourth-order valence-corrected chi connectivity index (χ4v) is 13.9. The van der Waals surface area contributed by atoms with E-state index in [1.807, 2.05) is 18.2 Å². The van der Waals surface area contributed by atoms with Crippen molar-refractivity contribution in [1.29, 1.82) is 0 Å². The van der Waals surface area contributed by atoms with E-state index < -0.39 is 6.29 Å². The van der Waals surface area contributed by atoms with Crippen molar-refractivity contribution >= 4 is 0 Å². The predicted molar refractivity (Wildman–Crippen MR) is 236 cm³/mol. The largest absolute Gasteiger partial charge is 0.374 e. The van der Waals surface area contributed by atoms with Gasteiger partial charge in [-0.05, 0) is 108 Å². The van der Waals surface area contributed by atoms with Gasteiger partial charge in [-0.2, -0.15) is 0 Å². The predicted octanol–water partition coefficient (Wildman–Crippen LogP) is 11.2. The van der Waals surface area contributed by atoms with Gasteiger partial charge in [0.1, 0.15) is 12.2 Å². The van der Waals surface area contributed by atoms with E-state index >= 15 is 0 Å². The zero-order valence-electron chi connectivity index (χ0n) is 37.1. The van der Waals surface area contributed by atoms with E-state index in [0.29, 0.717) is 68.0 Å². The molecule has 3 aliphatic heterocycles. The summed E-state index contributed by atoms with van der Waals surface area (Å²) in [6, 6.07) is 31.1. The van der Waals surface area contributed by atoms with E-state index in [1.165, 1.54) is 32.1 Å². The van der Waals surface area contributed by atoms with E-state index in [2.05, 4.69) is 107 Å². The lowest BCUT2D eigenvalue weighted by Crippen LogP contribution is -2.54. The lowest BCUT2D eigenvalue weighted by molar-refractivity contribution is -0.290. The summed E-state index contributed by atoms with van der Waals surface area (Å²) in [5, 5.41) is 0. The van der Waals surface area contributed by atoms with Crippen molar-refractivity contribution in [3.8, 4) is 0 Å². The van der Waals surface area contributed by atoms with Crippen molar-refractivity contribution in [1.82, 2.24) is 0 Å². The Morgan fingerprint density at radius 1 is 0.721 bits per heavy atom. The van der Waals surface area contributed by atoms with Gasteiger partial charge in [0.05, 0.1) is 51.3 Å². The number of allylic oxidation sites excluding steroid dienone is 1. The summed E-state index contributed by atoms with van der Waals surface area (Å²) in [4.78, 5) is 0. The molecule has 0 bridgehead atoms. The molecule has 7 heteroatoms. The molecule has 328 valence electrons. The number of rotatable bonds is 12. The van der Waals surface area contributed by atoms with Crippen molar-refractivity contribution in [3.63, 3.8) is 0 Å². The van der Waals surface area contributed by atoms with Crippen LogP contribution in [0.2, 0.25) is 0 Å². The van der Waals surface area contributed by atoms with Crippen LogP contribution in [0.15, 0.2) is 103 Å². The second-order valence-electron chi connectivity index (χ2n) is 20.7. The molecule has 0 radical (unpaired) electrons. The van der Waals surface area contributed by atoms with Crippen LogP contribution in [0.25, 0.3) is 0 Å². The van der Waals surface area contributed by atoms with Gasteiger partial charge in [-0.15, -0.1) is 0 Å². The Hall–Kier alpha value is -2.88. The van der Waals surface area contributed by atoms with E-state index in [-0.39, 0.29) is 35.6 Å². The second kappa shape index (κ2) is 17.6. The highest BCUT2D eigenvalue weighted by Gasteiger charge is 2.68. The molecule has 3 saturated carbocycles. The average Bonchev–Trinajstić information content (AvgIpc) is 3.73. The molecule has 3 aromatic carbocycles. The maximum absolute atomic E-state index is 7.08. The fourth-order valence-electron chi connectivity index (χ4n) is 13.9. The molecule has 0 aromatic heterocycles. The minimum absolute atomic E-state index is 0.103. The van der Waals surface area contributed by atoms with Gasteiger partial charge in [-0.25, -0.2) is 0 Å². The molecular formula is C54H70O7. The molecule has 0 N–H and O–H groups in total. The molecule has 3 saturated heterocycles. The van der Waals surface area contributed by atoms with Crippen LogP contribution in [-0.2, 0) is 53.0 Å². The maximum atomic E-state index is 7.08. The van der Waals surface area contributed by atoms with Crippen LogP contribution in [0, 0.1) is 46.3 Å². The minimum Gasteiger partial charge on any atom is -0.374 e. The molecule has 10 rings (SSSR count). The van der Waals surface area contributed by atoms with Crippen LogP contribution in [-0.4, -0.2) is 55.8 Å². The van der Waals surface area contributed by atoms with E-state index in [0.717, 1.165) is 60.8 Å². The van der Waals surface area contributed by atoms with Crippen molar-refractivity contribution in [3.05, 3.63) is 119 Å². The van der Waals surface area contributed by atoms with Gasteiger partial charge in [-0.1, -0.05) is 130 Å². The van der Waals surface area contributed by atoms with Gasteiger partial charge < -0.3 is 33.2 Å². The first kappa shape index (κ1) is 42.1. The summed E-state index contributed by atoms with van der Waals surface area (Å²) in [5.74, 6) is 3.50. The molecular weight excluding hydrogens is 761 g/mol. The Labute approximate surface area is 365 Å². The molecule has 3 aromatic rings. The van der Waals surface area contributed by atoms with Crippen molar-refractivity contribution in [2.24, 2.45) is 46.3 Å². The molecule has 3 heterocycles. The van der Waals surface area contributed by atoms with E-state index in [4.69, 9.17) is 33.2 Å². The topological polar surface area (TPSA) is 64.6 Å². The molecule has 7 aliphatic rings. The fraction of sp³-hybridized carbons (Fsp3) is 0.630. The van der Waals surface area contributed by atoms with Crippen molar-refractivity contribution in [2.45, 2.75) is 154 Å². The second-order valence-corrected chi connectivity index (χ2v) is 20.7. The smallest absolute Gasteiger partial charge is 0.171 e. The molecule has 1 spiro atoms. The Morgan fingerprint density at radius 2 is 1.41 bits per heavy atom. The third kappa shape index (κ3) is 8.24. The summed E-state index contributed by atoms with van der Waals surface area (Å²) in [6.45, 7) is 12.7. The summed E-state index contributed by atoms with van der Waals surface area (Å²) >= 11 is 0. The third-order valence-corrected chi connectivity index (χ3v) is 17.1. The van der Waals surface area contributed by atoms with Gasteiger partial charge in [-0.3, -0.25) is 0 Å². The maximum Gasteiger partial charge on any atom is 0.171 e. The normalized spacial score (nSPS) is 41.7. The first-order valence-corrected chi connectivity index (χ1v) is 24.0. The summed E-state index contributed by atoms with van der Waals surface area (Å²) in [7, 11) is 0. The van der Waals surface area contributed by atoms with Gasteiger partial charge in [0.25, 0.3) is 0 Å². The monoisotopic (exact) mass is 831 g/mol. The number of hydrogen-bond donors (Lipinski definition) is 0. The van der Waals surface area contributed by atoms with Gasteiger partial charge >= 0.3 is 0 Å². The first-order chi connectivity index (χ1) is 29.7. The number of benzene rings is 3. The van der Waals surface area contributed by atoms with Crippen LogP contribution >= 0.6 is 0 Å². The van der Waals surface area contributed by atoms with Crippen LogP contribution in [0.4, 0.5) is 0 Å². The zero-order valence-corrected chi connectivity index (χ0v) is 37.1. The molecule has 0 amide bonds. The number of ether oxygens (including phenoxy) is 7. The Kier molecular flexibility index (Phi) is 12.1. The molecule has 7 nitrogen and oxygen atoms in total. The Balaban J connectivity index is 0.832. The SMILES string of the molecule is C[C@@H]1CC[C@@]2(OC1)O[C@H]1C[C@H]3[C@@H]4CC=C5C[C@@H](O[C@@H]6C[C@@H](OCc7ccccc7)[C@H](OCc7ccccc7)[C@@H](COCc7ccccc7)O6)CC[C@]5(C)[C@H]4CC[C@]3(C)[C@H]1[C@@H]2C. The number of fused-ring (bicyclic) bond motifs is 7. The van der Waals surface area contributed by atoms with Gasteiger partial charge in [0.15, 0.2) is 12.1 Å². The Bertz CT molecular complexity index is 1930. The number of hydrogen-bond acceptors (Lipinski definition) is 7. The summed E-state index contributed by atoms with van der Waals surface area (Å²) in [5.41, 5.74) is 5.57. The van der Waals surface area contributed by atoms with E-state index in [1.54, 1.807) is 5.57 Å². The molecule has 4 aliphatic carbocycles. The Morgan fingerprint density at radius 3 is 2.10 bits per heavy atom. The average molecular weight is 831 g/mol. The highest BCUT2D eigenvalue weighted by molar-refractivity contribution is 5.27. The highest BCUT2D eigenvalue weighted by atomic mass is 16.7. The van der Waals surface area contributed by atoms with Crippen LogP contribution in [0.5, 0.6) is 0 Å². The lowest BCUT2D eigenvalue weighted by Gasteiger charge is -2.58. The van der Waals surface area contributed by atoms with Crippen LogP contribution in [0.3, 0.4) is 0 Å². The standard InChI is InChI=1S/C54H70O7/c1-36-22-27-54(58-31-36)37(2)50-46(61-54)29-45-43-21-20-41-28-42(23-25-52(41,3)44(43)24-26-53(45,50)4)59-49-30-47(56-33-39-16-10-6-11-17-39)51(57-34-40-18-12-7-13-19-40)48(60-49)35-55-32-38-14-8-5-9-15-38/h5-20,36-37,42-51H,21-35H2,1-4H3/t36-,37+,42+,43-,44+,45+,46+,47-,48-,49+,50+,51+,52+,53+,54-/m1/s1. The van der Waals surface area contributed by atoms with E-state index in [9.17, 15) is 0 Å². The molecule has 61 heavy (non-hydrogen) atoms. The van der Waals surface area contributed by atoms with Crippen molar-refractivity contribution in [2.75, 3.05) is 13.2 Å². The summed E-state index contributed by atoms with van der Waals surface area (Å²) in [6.07, 6.45) is 12.9. The quantitative estimate of drug-likeness (QED) is 0.168. The molecule has 15 atom stereocenters. The summed E-state index contributed by atoms with van der Waals surface area (Å²) < 4.78 is 47.6. The highest BCUT2D eigenvalue weighted by Crippen LogP contribution is 2.70.